The number of carbonyl (C=O) groups excluding carboxylic acids is 1. The molecule has 0 spiro atoms. The van der Waals surface area contributed by atoms with Crippen molar-refractivity contribution in [3.05, 3.63) is 52.1 Å². The Morgan fingerprint density at radius 1 is 1.42 bits per heavy atom. The molecule has 126 valence electrons. The number of halogens is 1. The zero-order valence-corrected chi connectivity index (χ0v) is 14.8. The predicted octanol–water partition coefficient (Wildman–Crippen LogP) is 3.31. The summed E-state index contributed by atoms with van der Waals surface area (Å²) in [5.41, 5.74) is 2.85. The molecule has 2 aromatic rings. The lowest BCUT2D eigenvalue weighted by Gasteiger charge is -2.21. The summed E-state index contributed by atoms with van der Waals surface area (Å²) in [6, 6.07) is 5.37. The Hall–Kier alpha value is -2.14. The van der Waals surface area contributed by atoms with E-state index in [4.69, 9.17) is 16.3 Å². The van der Waals surface area contributed by atoms with Gasteiger partial charge in [0, 0.05) is 29.7 Å². The van der Waals surface area contributed by atoms with Crippen molar-refractivity contribution in [2.45, 2.75) is 46.4 Å². The van der Waals surface area contributed by atoms with Gasteiger partial charge in [-0.3, -0.25) is 4.79 Å². The fourth-order valence-corrected chi connectivity index (χ4v) is 2.99. The minimum Gasteiger partial charge on any atom is -0.481 e. The maximum absolute atomic E-state index is 12.7. The highest BCUT2D eigenvalue weighted by molar-refractivity contribution is 6.30. The molecule has 0 radical (unpaired) electrons. The third kappa shape index (κ3) is 3.36. The quantitative estimate of drug-likeness (QED) is 0.853. The summed E-state index contributed by atoms with van der Waals surface area (Å²) in [7, 11) is 0. The van der Waals surface area contributed by atoms with Crippen molar-refractivity contribution >= 4 is 17.5 Å². The Morgan fingerprint density at radius 3 is 2.92 bits per heavy atom. The van der Waals surface area contributed by atoms with Crippen LogP contribution in [-0.2, 0) is 24.3 Å². The zero-order chi connectivity index (χ0) is 17.3. The van der Waals surface area contributed by atoms with E-state index in [1.54, 1.807) is 24.0 Å². The van der Waals surface area contributed by atoms with Gasteiger partial charge in [-0.1, -0.05) is 18.5 Å². The normalized spacial score (nSPS) is 14.4. The molecular formula is C18H20ClN3O2. The van der Waals surface area contributed by atoms with Crippen molar-refractivity contribution in [3.63, 3.8) is 0 Å². The smallest absolute Gasteiger partial charge is 0.264 e. The van der Waals surface area contributed by atoms with Gasteiger partial charge in [0.1, 0.15) is 11.6 Å². The highest BCUT2D eigenvalue weighted by Crippen LogP contribution is 2.25. The van der Waals surface area contributed by atoms with Crippen LogP contribution in [-0.4, -0.2) is 26.9 Å². The number of carbonyl (C=O) groups is 1. The van der Waals surface area contributed by atoms with Crippen LogP contribution in [0.2, 0.25) is 5.02 Å². The number of aryl methyl sites for hydroxylation is 2. The average Bonchev–Trinajstić information content (AvgIpc) is 2.99. The van der Waals surface area contributed by atoms with Crippen molar-refractivity contribution in [2.75, 3.05) is 0 Å². The molecule has 0 saturated carbocycles. The van der Waals surface area contributed by atoms with E-state index in [1.165, 1.54) is 0 Å². The number of aromatic nitrogens is 2. The van der Waals surface area contributed by atoms with Crippen LogP contribution >= 0.6 is 11.6 Å². The van der Waals surface area contributed by atoms with Gasteiger partial charge >= 0.3 is 0 Å². The molecule has 24 heavy (non-hydrogen) atoms. The van der Waals surface area contributed by atoms with Crippen LogP contribution in [0.1, 0.15) is 36.5 Å². The van der Waals surface area contributed by atoms with E-state index in [0.717, 1.165) is 29.1 Å². The van der Waals surface area contributed by atoms with Gasteiger partial charge in [-0.05, 0) is 37.6 Å². The second-order valence-electron chi connectivity index (χ2n) is 5.98. The van der Waals surface area contributed by atoms with E-state index >= 15 is 0 Å². The number of benzene rings is 1. The standard InChI is InChI=1S/C18H20ClN3O2/c1-4-17-20-8-13-9-22(10-15(13)21-17)18(23)12(3)24-16-6-5-14(19)7-11(16)2/h5-8,12H,4,9-10H2,1-3H3. The molecule has 0 bridgehead atoms. The molecule has 2 heterocycles. The minimum atomic E-state index is -0.571. The van der Waals surface area contributed by atoms with Crippen LogP contribution in [0.15, 0.2) is 24.4 Å². The molecule has 1 atom stereocenters. The number of ether oxygens (including phenoxy) is 1. The van der Waals surface area contributed by atoms with Crippen LogP contribution in [0.3, 0.4) is 0 Å². The molecule has 1 unspecified atom stereocenters. The lowest BCUT2D eigenvalue weighted by Crippen LogP contribution is -2.37. The summed E-state index contributed by atoms with van der Waals surface area (Å²) in [5.74, 6) is 1.43. The number of rotatable bonds is 4. The highest BCUT2D eigenvalue weighted by Gasteiger charge is 2.29. The Labute approximate surface area is 146 Å². The number of amides is 1. The molecule has 1 aromatic carbocycles. The molecule has 1 aromatic heterocycles. The van der Waals surface area contributed by atoms with Gasteiger partial charge < -0.3 is 9.64 Å². The number of nitrogens with zero attached hydrogens (tertiary/aromatic N) is 3. The average molecular weight is 346 g/mol. The van der Waals surface area contributed by atoms with Crippen molar-refractivity contribution < 1.29 is 9.53 Å². The fraction of sp³-hybridized carbons (Fsp3) is 0.389. The molecule has 0 saturated heterocycles. The molecule has 1 aliphatic rings. The van der Waals surface area contributed by atoms with Crippen LogP contribution in [0.25, 0.3) is 0 Å². The SMILES string of the molecule is CCc1ncc2c(n1)CN(C(=O)C(C)Oc1ccc(Cl)cc1C)C2. The van der Waals surface area contributed by atoms with E-state index in [2.05, 4.69) is 9.97 Å². The van der Waals surface area contributed by atoms with Crippen molar-refractivity contribution in [1.29, 1.82) is 0 Å². The van der Waals surface area contributed by atoms with Gasteiger partial charge in [-0.15, -0.1) is 0 Å². The highest BCUT2D eigenvalue weighted by atomic mass is 35.5. The summed E-state index contributed by atoms with van der Waals surface area (Å²) >= 11 is 5.95. The van der Waals surface area contributed by atoms with E-state index in [1.807, 2.05) is 26.1 Å². The molecule has 5 nitrogen and oxygen atoms in total. The van der Waals surface area contributed by atoms with Crippen molar-refractivity contribution in [2.24, 2.45) is 0 Å². The first-order valence-electron chi connectivity index (χ1n) is 8.03. The van der Waals surface area contributed by atoms with Gasteiger partial charge in [-0.25, -0.2) is 9.97 Å². The minimum absolute atomic E-state index is 0.0552. The molecule has 6 heteroatoms. The lowest BCUT2D eigenvalue weighted by atomic mass is 10.2. The van der Waals surface area contributed by atoms with Crippen LogP contribution in [0.4, 0.5) is 0 Å². The maximum atomic E-state index is 12.7. The summed E-state index contributed by atoms with van der Waals surface area (Å²) in [5, 5.41) is 0.652. The predicted molar refractivity (Wildman–Crippen MR) is 91.9 cm³/mol. The monoisotopic (exact) mass is 345 g/mol. The topological polar surface area (TPSA) is 55.3 Å². The molecule has 0 N–H and O–H groups in total. The van der Waals surface area contributed by atoms with Crippen LogP contribution < -0.4 is 4.74 Å². The molecule has 0 aliphatic carbocycles. The lowest BCUT2D eigenvalue weighted by molar-refractivity contribution is -0.138. The number of fused-ring (bicyclic) bond motifs is 1. The molecular weight excluding hydrogens is 326 g/mol. The number of hydrogen-bond acceptors (Lipinski definition) is 4. The van der Waals surface area contributed by atoms with Gasteiger partial charge in [0.25, 0.3) is 5.91 Å². The van der Waals surface area contributed by atoms with E-state index in [0.29, 0.717) is 23.9 Å². The Kier molecular flexibility index (Phi) is 4.71. The van der Waals surface area contributed by atoms with E-state index in [-0.39, 0.29) is 5.91 Å². The van der Waals surface area contributed by atoms with Crippen molar-refractivity contribution in [1.82, 2.24) is 14.9 Å². The zero-order valence-electron chi connectivity index (χ0n) is 14.0. The van der Waals surface area contributed by atoms with E-state index in [9.17, 15) is 4.79 Å². The number of hydrogen-bond donors (Lipinski definition) is 0. The first-order chi connectivity index (χ1) is 11.5. The van der Waals surface area contributed by atoms with Crippen LogP contribution in [0.5, 0.6) is 5.75 Å². The second-order valence-corrected chi connectivity index (χ2v) is 6.41. The van der Waals surface area contributed by atoms with Gasteiger partial charge in [-0.2, -0.15) is 0 Å². The molecule has 0 fully saturated rings. The van der Waals surface area contributed by atoms with Gasteiger partial charge in [0.2, 0.25) is 0 Å². The Balaban J connectivity index is 1.68. The largest absolute Gasteiger partial charge is 0.481 e. The third-order valence-corrected chi connectivity index (χ3v) is 4.36. The summed E-state index contributed by atoms with van der Waals surface area (Å²) in [6.45, 7) is 6.74. The van der Waals surface area contributed by atoms with E-state index < -0.39 is 6.10 Å². The first-order valence-corrected chi connectivity index (χ1v) is 8.41. The molecule has 1 amide bonds. The second kappa shape index (κ2) is 6.77. The molecule has 1 aliphatic heterocycles. The maximum Gasteiger partial charge on any atom is 0.264 e. The first kappa shape index (κ1) is 16.7. The fourth-order valence-electron chi connectivity index (χ4n) is 2.76. The summed E-state index contributed by atoms with van der Waals surface area (Å²) in [4.78, 5) is 23.2. The summed E-state index contributed by atoms with van der Waals surface area (Å²) < 4.78 is 5.83. The Bertz CT molecular complexity index is 779. The van der Waals surface area contributed by atoms with Gasteiger partial charge in [0.05, 0.1) is 12.2 Å². The molecule has 3 rings (SSSR count). The summed E-state index contributed by atoms with van der Waals surface area (Å²) in [6.07, 6.45) is 2.04. The van der Waals surface area contributed by atoms with Crippen molar-refractivity contribution in [3.8, 4) is 5.75 Å². The van der Waals surface area contributed by atoms with Gasteiger partial charge in [0.15, 0.2) is 6.10 Å². The third-order valence-electron chi connectivity index (χ3n) is 4.12. The van der Waals surface area contributed by atoms with Crippen LogP contribution in [0, 0.1) is 6.92 Å². The Morgan fingerprint density at radius 2 is 2.21 bits per heavy atom.